The van der Waals surface area contributed by atoms with Gasteiger partial charge >= 0.3 is 0 Å². The predicted octanol–water partition coefficient (Wildman–Crippen LogP) is 5.09. The fourth-order valence-electron chi connectivity index (χ4n) is 2.93. The minimum Gasteiger partial charge on any atom is -0.354 e. The van der Waals surface area contributed by atoms with Gasteiger partial charge in [0, 0.05) is 21.7 Å². The number of aromatic amines is 1. The van der Waals surface area contributed by atoms with Crippen molar-refractivity contribution in [3.8, 4) is 0 Å². The molecule has 0 spiro atoms. The van der Waals surface area contributed by atoms with Gasteiger partial charge in [0.25, 0.3) is 0 Å². The Balaban J connectivity index is 2.25. The van der Waals surface area contributed by atoms with E-state index >= 15 is 0 Å². The van der Waals surface area contributed by atoms with Crippen molar-refractivity contribution in [2.45, 2.75) is 13.8 Å². The Hall–Kier alpha value is -2.28. The van der Waals surface area contributed by atoms with Crippen LogP contribution in [0.3, 0.4) is 0 Å². The summed E-state index contributed by atoms with van der Waals surface area (Å²) in [5.41, 5.74) is 5.07. The van der Waals surface area contributed by atoms with Crippen LogP contribution < -0.4 is 0 Å². The lowest BCUT2D eigenvalue weighted by atomic mass is 10.0. The first-order valence-electron chi connectivity index (χ1n) is 6.64. The summed E-state index contributed by atoms with van der Waals surface area (Å²) < 4.78 is 0. The van der Waals surface area contributed by atoms with Gasteiger partial charge in [-0.15, -0.1) is 0 Å². The van der Waals surface area contributed by atoms with Gasteiger partial charge in [-0.3, -0.25) is 0 Å². The summed E-state index contributed by atoms with van der Waals surface area (Å²) >= 11 is 0. The van der Waals surface area contributed by atoms with Crippen molar-refractivity contribution in [1.29, 1.82) is 0 Å². The minimum atomic E-state index is 1.22. The van der Waals surface area contributed by atoms with Gasteiger partial charge in [-0.25, -0.2) is 0 Å². The number of aryl methyl sites for hydroxylation is 2. The van der Waals surface area contributed by atoms with E-state index in [9.17, 15) is 0 Å². The first-order valence-corrected chi connectivity index (χ1v) is 6.64. The van der Waals surface area contributed by atoms with Gasteiger partial charge in [-0.2, -0.15) is 0 Å². The number of hydrogen-bond acceptors (Lipinski definition) is 0. The van der Waals surface area contributed by atoms with E-state index in [2.05, 4.69) is 67.4 Å². The third kappa shape index (κ3) is 1.48. The highest BCUT2D eigenvalue weighted by atomic mass is 14.7. The molecule has 1 nitrogen and oxygen atoms in total. The molecule has 0 unspecified atom stereocenters. The quantitative estimate of drug-likeness (QED) is 0.444. The number of fused-ring (bicyclic) bond motifs is 5. The van der Waals surface area contributed by atoms with E-state index in [0.717, 1.165) is 0 Å². The molecule has 0 amide bonds. The summed E-state index contributed by atoms with van der Waals surface area (Å²) in [6.45, 7) is 4.28. The van der Waals surface area contributed by atoms with Crippen LogP contribution >= 0.6 is 0 Å². The van der Waals surface area contributed by atoms with Crippen LogP contribution in [0, 0.1) is 13.8 Å². The Kier molecular flexibility index (Phi) is 2.02. The minimum absolute atomic E-state index is 1.22. The molecule has 4 aromatic rings. The predicted molar refractivity (Wildman–Crippen MR) is 82.8 cm³/mol. The van der Waals surface area contributed by atoms with E-state index in [1.165, 1.54) is 43.7 Å². The zero-order valence-corrected chi connectivity index (χ0v) is 11.1. The lowest BCUT2D eigenvalue weighted by molar-refractivity contribution is 1.48. The number of hydrogen-bond donors (Lipinski definition) is 1. The van der Waals surface area contributed by atoms with Crippen LogP contribution in [0.15, 0.2) is 48.5 Å². The van der Waals surface area contributed by atoms with Crippen LogP contribution in [0.4, 0.5) is 0 Å². The van der Waals surface area contributed by atoms with Crippen molar-refractivity contribution >= 4 is 32.6 Å². The number of benzene rings is 3. The largest absolute Gasteiger partial charge is 0.354 e. The highest BCUT2D eigenvalue weighted by molar-refractivity contribution is 6.17. The third-order valence-electron chi connectivity index (χ3n) is 3.90. The number of rotatable bonds is 0. The van der Waals surface area contributed by atoms with Gasteiger partial charge in [0.2, 0.25) is 0 Å². The molecule has 0 aliphatic carbocycles. The van der Waals surface area contributed by atoms with Crippen LogP contribution in [0.1, 0.15) is 11.1 Å². The average Bonchev–Trinajstić information content (AvgIpc) is 2.76. The van der Waals surface area contributed by atoms with Crippen LogP contribution in [-0.4, -0.2) is 4.98 Å². The normalized spacial score (nSPS) is 11.7. The van der Waals surface area contributed by atoms with Gasteiger partial charge in [-0.1, -0.05) is 47.5 Å². The molecule has 1 aromatic heterocycles. The Morgan fingerprint density at radius 2 is 1.42 bits per heavy atom. The second kappa shape index (κ2) is 3.61. The molecule has 4 rings (SSSR count). The SMILES string of the molecule is Cc1ccc2c(ccc3c4cc(C)ccc4[nH]c23)c1. The fraction of sp³-hybridized carbons (Fsp3) is 0.111. The van der Waals surface area contributed by atoms with Gasteiger partial charge in [0.15, 0.2) is 0 Å². The second-order valence-corrected chi connectivity index (χ2v) is 5.39. The van der Waals surface area contributed by atoms with Gasteiger partial charge < -0.3 is 4.98 Å². The van der Waals surface area contributed by atoms with Crippen molar-refractivity contribution in [2.24, 2.45) is 0 Å². The first-order chi connectivity index (χ1) is 9.22. The third-order valence-corrected chi connectivity index (χ3v) is 3.90. The maximum absolute atomic E-state index is 3.57. The molecule has 0 aliphatic heterocycles. The molecule has 0 atom stereocenters. The van der Waals surface area contributed by atoms with Gasteiger partial charge in [0.05, 0.1) is 5.52 Å². The van der Waals surface area contributed by atoms with Crippen molar-refractivity contribution in [3.63, 3.8) is 0 Å². The summed E-state index contributed by atoms with van der Waals surface area (Å²) in [5, 5.41) is 5.24. The highest BCUT2D eigenvalue weighted by Crippen LogP contribution is 2.31. The molecule has 0 saturated heterocycles. The molecule has 0 bridgehead atoms. The Morgan fingerprint density at radius 1 is 0.684 bits per heavy atom. The summed E-state index contributed by atoms with van der Waals surface area (Å²) in [4.78, 5) is 3.57. The van der Waals surface area contributed by atoms with Crippen LogP contribution in [-0.2, 0) is 0 Å². The molecule has 1 N–H and O–H groups in total. The van der Waals surface area contributed by atoms with Gasteiger partial charge in [-0.05, 0) is 31.4 Å². The molecule has 19 heavy (non-hydrogen) atoms. The zero-order chi connectivity index (χ0) is 13.0. The van der Waals surface area contributed by atoms with Crippen molar-refractivity contribution < 1.29 is 0 Å². The lowest BCUT2D eigenvalue weighted by Gasteiger charge is -2.01. The molecule has 0 aliphatic rings. The van der Waals surface area contributed by atoms with E-state index in [1.807, 2.05) is 0 Å². The molecule has 1 heteroatoms. The maximum Gasteiger partial charge on any atom is 0.0544 e. The average molecular weight is 245 g/mol. The molecule has 0 fully saturated rings. The summed E-state index contributed by atoms with van der Waals surface area (Å²) in [6, 6.07) is 17.7. The Bertz CT molecular complexity index is 929. The van der Waals surface area contributed by atoms with Crippen LogP contribution in [0.2, 0.25) is 0 Å². The molecule has 0 saturated carbocycles. The molecule has 0 radical (unpaired) electrons. The Labute approximate surface area is 111 Å². The molecule has 92 valence electrons. The lowest BCUT2D eigenvalue weighted by Crippen LogP contribution is -1.77. The molecule has 3 aromatic carbocycles. The summed E-state index contributed by atoms with van der Waals surface area (Å²) in [7, 11) is 0. The van der Waals surface area contributed by atoms with E-state index in [4.69, 9.17) is 0 Å². The van der Waals surface area contributed by atoms with E-state index < -0.39 is 0 Å². The van der Waals surface area contributed by atoms with Crippen molar-refractivity contribution in [2.75, 3.05) is 0 Å². The van der Waals surface area contributed by atoms with E-state index in [-0.39, 0.29) is 0 Å². The number of H-pyrrole nitrogens is 1. The number of aromatic nitrogens is 1. The van der Waals surface area contributed by atoms with Crippen molar-refractivity contribution in [1.82, 2.24) is 4.98 Å². The van der Waals surface area contributed by atoms with Crippen LogP contribution in [0.25, 0.3) is 32.6 Å². The number of nitrogens with one attached hydrogen (secondary N) is 1. The summed E-state index contributed by atoms with van der Waals surface area (Å²) in [6.07, 6.45) is 0. The first kappa shape index (κ1) is 10.6. The zero-order valence-electron chi connectivity index (χ0n) is 11.1. The summed E-state index contributed by atoms with van der Waals surface area (Å²) in [5.74, 6) is 0. The van der Waals surface area contributed by atoms with Crippen LogP contribution in [0.5, 0.6) is 0 Å². The van der Waals surface area contributed by atoms with E-state index in [1.54, 1.807) is 0 Å². The van der Waals surface area contributed by atoms with Gasteiger partial charge in [0.1, 0.15) is 0 Å². The molecule has 1 heterocycles. The van der Waals surface area contributed by atoms with Crippen molar-refractivity contribution in [3.05, 3.63) is 59.7 Å². The standard InChI is InChI=1S/C18H15N/c1-11-3-6-14-13(9-11)5-7-15-16-10-12(2)4-8-17(16)19-18(14)15/h3-10,19H,1-2H3. The smallest absolute Gasteiger partial charge is 0.0544 e. The highest BCUT2D eigenvalue weighted by Gasteiger charge is 2.07. The maximum atomic E-state index is 3.57. The second-order valence-electron chi connectivity index (χ2n) is 5.39. The monoisotopic (exact) mass is 245 g/mol. The Morgan fingerprint density at radius 3 is 2.32 bits per heavy atom. The molecular weight excluding hydrogens is 230 g/mol. The van der Waals surface area contributed by atoms with E-state index in [0.29, 0.717) is 0 Å². The fourth-order valence-corrected chi connectivity index (χ4v) is 2.93. The topological polar surface area (TPSA) is 15.8 Å². The molecular formula is C18H15N.